The second-order valence-electron chi connectivity index (χ2n) is 1.74. The Bertz CT molecular complexity index is 432. The normalized spacial score (nSPS) is 28.6. The Labute approximate surface area is 75.5 Å². The lowest BCUT2D eigenvalue weighted by Gasteiger charge is -1.96. The number of aryl methyl sites for hydroxylation is 1. The lowest BCUT2D eigenvalue weighted by molar-refractivity contribution is 0.795. The van der Waals surface area contributed by atoms with Crippen LogP contribution in [0.4, 0.5) is 0 Å². The van der Waals surface area contributed by atoms with Gasteiger partial charge in [0.1, 0.15) is 0 Å². The van der Waals surface area contributed by atoms with E-state index in [0.717, 1.165) is 0 Å². The maximum absolute atomic E-state index is 7.81. The first-order valence-electron chi connectivity index (χ1n) is 7.41. The van der Waals surface area contributed by atoms with Crippen LogP contribution in [0.25, 0.3) is 0 Å². The Balaban J connectivity index is 3.34. The van der Waals surface area contributed by atoms with Crippen LogP contribution >= 0.6 is 0 Å². The molecule has 0 aliphatic carbocycles. The first-order valence-corrected chi connectivity index (χ1v) is 2.91. The summed E-state index contributed by atoms with van der Waals surface area (Å²) in [7, 11) is 0. The highest BCUT2D eigenvalue weighted by molar-refractivity contribution is 5.14. The average molecular weight is 143 g/mol. The summed E-state index contributed by atoms with van der Waals surface area (Å²) < 4.78 is 67.2. The zero-order valence-corrected chi connectivity index (χ0v) is 5.39. The zero-order valence-electron chi connectivity index (χ0n) is 14.4. The van der Waals surface area contributed by atoms with Gasteiger partial charge in [0, 0.05) is 12.3 Å². The Kier molecular flexibility index (Phi) is 0.770. The van der Waals surface area contributed by atoms with Crippen LogP contribution in [0.1, 0.15) is 37.5 Å². The number of hydrogen-bond donors (Lipinski definition) is 0. The number of rotatable bonds is 3. The smallest absolute Gasteiger partial charge is 0.0316 e. The molecule has 0 amide bonds. The van der Waals surface area contributed by atoms with Gasteiger partial charge in [-0.05, 0) is 18.3 Å². The molecule has 1 aromatic rings. The summed E-state index contributed by atoms with van der Waals surface area (Å²) in [6, 6.07) is 7.16. The average Bonchev–Trinajstić information content (AvgIpc) is 2.28. The summed E-state index contributed by atoms with van der Waals surface area (Å²) in [5.41, 5.74) is -0.104. The van der Waals surface area contributed by atoms with Crippen LogP contribution in [0.2, 0.25) is 0 Å². The summed E-state index contributed by atoms with van der Waals surface area (Å²) in [6.07, 6.45) is -9.31. The third kappa shape index (κ3) is 2.22. The van der Waals surface area contributed by atoms with Gasteiger partial charge >= 0.3 is 0 Å². The van der Waals surface area contributed by atoms with Crippen LogP contribution in [-0.4, -0.2) is 0 Å². The van der Waals surface area contributed by atoms with Crippen molar-refractivity contribution in [3.63, 3.8) is 0 Å². The van der Waals surface area contributed by atoms with Crippen molar-refractivity contribution in [2.24, 2.45) is 0 Å². The summed E-state index contributed by atoms with van der Waals surface area (Å²) in [5, 5.41) is 0. The van der Waals surface area contributed by atoms with Gasteiger partial charge in [0.25, 0.3) is 0 Å². The van der Waals surface area contributed by atoms with E-state index in [9.17, 15) is 0 Å². The van der Waals surface area contributed by atoms with Crippen LogP contribution in [0, 0.1) is 0 Å². The third-order valence-corrected chi connectivity index (χ3v) is 1.04. The maximum Gasteiger partial charge on any atom is 0.0316 e. The molecule has 0 unspecified atom stereocenters. The summed E-state index contributed by atoms with van der Waals surface area (Å²) >= 11 is 0. The van der Waals surface area contributed by atoms with Gasteiger partial charge in [0.15, 0.2) is 0 Å². The van der Waals surface area contributed by atoms with E-state index in [0.29, 0.717) is 0 Å². The highest BCUT2D eigenvalue weighted by Crippen LogP contribution is 2.03. The van der Waals surface area contributed by atoms with Gasteiger partial charge in [0.2, 0.25) is 0 Å². The molecular weight excluding hydrogens is 120 g/mol. The summed E-state index contributed by atoms with van der Waals surface area (Å²) in [6.45, 7) is -3.27. The monoisotopic (exact) mass is 143 g/mol. The SMILES string of the molecule is [2H]C([2H])([2H])C([2H])([2H])C([2H])([2H])C([2H])([2H])c1ccccc1. The van der Waals surface area contributed by atoms with Gasteiger partial charge in [-0.1, -0.05) is 43.6 Å². The minimum Gasteiger partial charge on any atom is -0.0654 e. The van der Waals surface area contributed by atoms with E-state index in [1.54, 1.807) is 6.07 Å². The quantitative estimate of drug-likeness (QED) is 0.610. The molecule has 0 N–H and O–H groups in total. The van der Waals surface area contributed by atoms with Crippen molar-refractivity contribution in [1.29, 1.82) is 0 Å². The van der Waals surface area contributed by atoms with Crippen molar-refractivity contribution in [2.45, 2.75) is 26.0 Å². The van der Waals surface area contributed by atoms with Crippen LogP contribution in [0.3, 0.4) is 0 Å². The first-order chi connectivity index (χ1) is 8.36. The van der Waals surface area contributed by atoms with Gasteiger partial charge in [0.05, 0.1) is 0 Å². The Morgan fingerprint density at radius 1 is 1.40 bits per heavy atom. The van der Waals surface area contributed by atoms with Gasteiger partial charge in [-0.2, -0.15) is 0 Å². The van der Waals surface area contributed by atoms with E-state index in [2.05, 4.69) is 0 Å². The zero-order chi connectivity index (χ0) is 15.1. The maximum atomic E-state index is 7.81. The fraction of sp³-hybridized carbons (Fsp3) is 0.400. The largest absolute Gasteiger partial charge is 0.0654 e. The van der Waals surface area contributed by atoms with Crippen LogP contribution in [0.15, 0.2) is 30.3 Å². The number of hydrogen-bond acceptors (Lipinski definition) is 0. The molecule has 1 aromatic carbocycles. The van der Waals surface area contributed by atoms with E-state index < -0.39 is 26.0 Å². The van der Waals surface area contributed by atoms with Crippen molar-refractivity contribution < 1.29 is 12.3 Å². The molecule has 0 bridgehead atoms. The molecule has 0 heteroatoms. The molecule has 1 rings (SSSR count). The molecule has 0 saturated heterocycles. The number of benzene rings is 1. The van der Waals surface area contributed by atoms with Crippen molar-refractivity contribution in [3.8, 4) is 0 Å². The van der Waals surface area contributed by atoms with Gasteiger partial charge in [-0.3, -0.25) is 0 Å². The molecule has 0 fully saturated rings. The minimum atomic E-state index is -3.32. The molecule has 0 heterocycles. The predicted octanol–water partition coefficient (Wildman–Crippen LogP) is 3.03. The summed E-state index contributed by atoms with van der Waals surface area (Å²) in [5.74, 6) is 0. The van der Waals surface area contributed by atoms with E-state index in [-0.39, 0.29) is 5.56 Å². The Morgan fingerprint density at radius 3 is 2.90 bits per heavy atom. The molecule has 0 nitrogen and oxygen atoms in total. The van der Waals surface area contributed by atoms with Gasteiger partial charge in [-0.15, -0.1) is 0 Å². The molecule has 0 aliphatic rings. The summed E-state index contributed by atoms with van der Waals surface area (Å²) in [4.78, 5) is 0. The van der Waals surface area contributed by atoms with Crippen molar-refractivity contribution in [2.75, 3.05) is 0 Å². The fourth-order valence-corrected chi connectivity index (χ4v) is 0.625. The molecule has 10 heavy (non-hydrogen) atoms. The van der Waals surface area contributed by atoms with Crippen LogP contribution in [0.5, 0.6) is 0 Å². The molecule has 0 aliphatic heterocycles. The third-order valence-electron chi connectivity index (χ3n) is 1.04. The van der Waals surface area contributed by atoms with Crippen LogP contribution in [-0.2, 0) is 6.37 Å². The van der Waals surface area contributed by atoms with Gasteiger partial charge < -0.3 is 0 Å². The molecule has 0 saturated carbocycles. The van der Waals surface area contributed by atoms with Crippen LogP contribution < -0.4 is 0 Å². The molecule has 0 aromatic heterocycles. The van der Waals surface area contributed by atoms with Crippen molar-refractivity contribution >= 4 is 0 Å². The van der Waals surface area contributed by atoms with Gasteiger partial charge in [-0.25, -0.2) is 0 Å². The first kappa shape index (κ1) is 1.88. The fourth-order valence-electron chi connectivity index (χ4n) is 0.625. The van der Waals surface area contributed by atoms with Crippen molar-refractivity contribution in [3.05, 3.63) is 35.9 Å². The van der Waals surface area contributed by atoms with E-state index in [1.807, 2.05) is 0 Å². The molecule has 54 valence electrons. The lowest BCUT2D eigenvalue weighted by Crippen LogP contribution is -1.81. The topological polar surface area (TPSA) is 0 Å². The Morgan fingerprint density at radius 2 is 2.20 bits per heavy atom. The van der Waals surface area contributed by atoms with E-state index >= 15 is 0 Å². The molecule has 0 atom stereocenters. The standard InChI is InChI=1S/C10H14/c1-2-3-7-10-8-5-4-6-9-10/h4-6,8-9H,2-3,7H2,1H3/i1D3,2D2,3D2,7D2. The molecule has 0 radical (unpaired) electrons. The Hall–Kier alpha value is -0.780. The lowest BCUT2D eigenvalue weighted by atomic mass is 10.1. The molecular formula is C10H14. The second kappa shape index (κ2) is 4.10. The van der Waals surface area contributed by atoms with Crippen molar-refractivity contribution in [1.82, 2.24) is 0 Å². The highest BCUT2D eigenvalue weighted by Gasteiger charge is 1.87. The minimum absolute atomic E-state index is 0.104. The second-order valence-corrected chi connectivity index (χ2v) is 1.74. The highest BCUT2D eigenvalue weighted by atomic mass is 13.9. The van der Waals surface area contributed by atoms with E-state index in [1.165, 1.54) is 24.3 Å². The van der Waals surface area contributed by atoms with E-state index in [4.69, 9.17) is 12.3 Å². The predicted molar refractivity (Wildman–Crippen MR) is 45.1 cm³/mol. The molecule has 0 spiro atoms.